The van der Waals surface area contributed by atoms with Crippen LogP contribution in [0.25, 0.3) is 21.8 Å². The third-order valence-electron chi connectivity index (χ3n) is 6.51. The highest BCUT2D eigenvalue weighted by Gasteiger charge is 2.20. The molecule has 3 N–H and O–H groups in total. The van der Waals surface area contributed by atoms with Crippen LogP contribution in [0.5, 0.6) is 11.5 Å². The van der Waals surface area contributed by atoms with Crippen molar-refractivity contribution < 1.29 is 14.6 Å². The van der Waals surface area contributed by atoms with E-state index in [0.29, 0.717) is 19.6 Å². The third-order valence-corrected chi connectivity index (χ3v) is 6.51. The number of unbranched alkanes of at least 4 members (excludes halogenated alkanes) is 3. The van der Waals surface area contributed by atoms with Gasteiger partial charge in [0.05, 0.1) is 18.2 Å². The lowest BCUT2D eigenvalue weighted by molar-refractivity contribution is 0.0996. The first-order valence-electron chi connectivity index (χ1n) is 13.1. The maximum Gasteiger partial charge on any atom is 0.129 e. The van der Waals surface area contributed by atoms with Gasteiger partial charge in [-0.3, -0.25) is 0 Å². The Balaban J connectivity index is 1.23. The van der Waals surface area contributed by atoms with Gasteiger partial charge >= 0.3 is 0 Å². The van der Waals surface area contributed by atoms with Crippen molar-refractivity contribution in [3.05, 3.63) is 72.3 Å². The fourth-order valence-corrected chi connectivity index (χ4v) is 4.58. The van der Waals surface area contributed by atoms with Crippen LogP contribution in [0.15, 0.2) is 66.7 Å². The maximum atomic E-state index is 10.6. The highest BCUT2D eigenvalue weighted by Crippen LogP contribution is 2.33. The van der Waals surface area contributed by atoms with E-state index in [2.05, 4.69) is 54.5 Å². The monoisotopic (exact) mass is 499 g/mol. The Morgan fingerprint density at radius 1 is 0.946 bits per heavy atom. The van der Waals surface area contributed by atoms with Gasteiger partial charge in [0, 0.05) is 34.8 Å². The summed E-state index contributed by atoms with van der Waals surface area (Å²) < 4.78 is 11.9. The number of nitrogens with one attached hydrogen (secondary N) is 2. The number of nitriles is 1. The van der Waals surface area contributed by atoms with Crippen LogP contribution in [-0.4, -0.2) is 41.5 Å². The summed E-state index contributed by atoms with van der Waals surface area (Å²) >= 11 is 0. The minimum Gasteiger partial charge on any atom is -0.494 e. The summed E-state index contributed by atoms with van der Waals surface area (Å²) in [6, 6.07) is 24.5. The lowest BCUT2D eigenvalue weighted by Gasteiger charge is -2.28. The van der Waals surface area contributed by atoms with E-state index < -0.39 is 6.10 Å². The second-order valence-corrected chi connectivity index (χ2v) is 10.2. The van der Waals surface area contributed by atoms with Crippen LogP contribution in [0.1, 0.15) is 45.1 Å². The van der Waals surface area contributed by atoms with Crippen LogP contribution >= 0.6 is 0 Å². The van der Waals surface area contributed by atoms with Crippen LogP contribution < -0.4 is 14.8 Å². The first kappa shape index (κ1) is 26.5. The Kier molecular flexibility index (Phi) is 9.05. The summed E-state index contributed by atoms with van der Waals surface area (Å²) in [5.74, 6) is 1.64. The molecule has 6 heteroatoms. The van der Waals surface area contributed by atoms with E-state index in [1.54, 1.807) is 0 Å². The normalized spacial score (nSPS) is 12.5. The molecule has 194 valence electrons. The fourth-order valence-electron chi connectivity index (χ4n) is 4.58. The fraction of sp³-hybridized carbons (Fsp3) is 0.387. The first-order valence-corrected chi connectivity index (χ1v) is 13.1. The van der Waals surface area contributed by atoms with Gasteiger partial charge in [0.15, 0.2) is 0 Å². The van der Waals surface area contributed by atoms with Crippen molar-refractivity contribution in [1.29, 1.82) is 5.26 Å². The van der Waals surface area contributed by atoms with Gasteiger partial charge in [0.2, 0.25) is 0 Å². The molecule has 6 nitrogen and oxygen atoms in total. The van der Waals surface area contributed by atoms with Crippen molar-refractivity contribution in [2.75, 3.05) is 19.8 Å². The van der Waals surface area contributed by atoms with Crippen molar-refractivity contribution in [3.8, 4) is 17.6 Å². The van der Waals surface area contributed by atoms with E-state index in [1.165, 1.54) is 5.56 Å². The summed E-state index contributed by atoms with van der Waals surface area (Å²) in [6.07, 6.45) is 3.71. The Hall–Kier alpha value is -3.53. The van der Waals surface area contributed by atoms with Crippen LogP contribution in [0.4, 0.5) is 0 Å². The number of β-amino-alcohol motifs (C(OH)–C–C–N with tert-alkyl or cyclic N) is 1. The van der Waals surface area contributed by atoms with Gasteiger partial charge in [0.25, 0.3) is 0 Å². The highest BCUT2D eigenvalue weighted by atomic mass is 16.5. The van der Waals surface area contributed by atoms with Crippen molar-refractivity contribution in [3.63, 3.8) is 0 Å². The molecular formula is C31H37N3O3. The highest BCUT2D eigenvalue weighted by molar-refractivity contribution is 6.10. The summed E-state index contributed by atoms with van der Waals surface area (Å²) in [5.41, 5.74) is 3.11. The molecule has 4 rings (SSSR count). The molecule has 0 saturated carbocycles. The number of aliphatic hydroxyl groups is 1. The maximum absolute atomic E-state index is 10.6. The summed E-state index contributed by atoms with van der Waals surface area (Å²) in [4.78, 5) is 3.42. The number of fused-ring (bicyclic) bond motifs is 3. The Bertz CT molecular complexity index is 1320. The van der Waals surface area contributed by atoms with Crippen molar-refractivity contribution >= 4 is 21.8 Å². The molecule has 0 aliphatic rings. The predicted molar refractivity (Wildman–Crippen MR) is 149 cm³/mol. The quantitative estimate of drug-likeness (QED) is 0.182. The van der Waals surface area contributed by atoms with Crippen molar-refractivity contribution in [2.45, 2.75) is 57.6 Å². The average Bonchev–Trinajstić information content (AvgIpc) is 3.28. The zero-order valence-electron chi connectivity index (χ0n) is 21.8. The molecule has 0 bridgehead atoms. The minimum atomic E-state index is -0.635. The molecule has 0 saturated heterocycles. The number of nitrogens with zero attached hydrogens (tertiary/aromatic N) is 1. The lowest BCUT2D eigenvalue weighted by Crippen LogP contribution is -2.46. The van der Waals surface area contributed by atoms with Crippen LogP contribution in [0.3, 0.4) is 0 Å². The number of hydrogen-bond donors (Lipinski definition) is 3. The van der Waals surface area contributed by atoms with Crippen LogP contribution in [0.2, 0.25) is 0 Å². The van der Waals surface area contributed by atoms with Crippen LogP contribution in [0, 0.1) is 11.3 Å². The van der Waals surface area contributed by atoms with Gasteiger partial charge < -0.3 is 24.9 Å². The topological polar surface area (TPSA) is 90.3 Å². The lowest BCUT2D eigenvalue weighted by atomic mass is 9.94. The number of aliphatic hydroxyl groups excluding tert-OH is 1. The molecule has 4 aromatic rings. The molecule has 0 aliphatic heterocycles. The van der Waals surface area contributed by atoms with Gasteiger partial charge in [-0.25, -0.2) is 0 Å². The number of ether oxygens (including phenoxy) is 2. The zero-order valence-corrected chi connectivity index (χ0v) is 21.8. The number of aromatic amines is 1. The molecule has 1 unspecified atom stereocenters. The van der Waals surface area contributed by atoms with E-state index in [0.717, 1.165) is 59.0 Å². The Morgan fingerprint density at radius 3 is 2.54 bits per heavy atom. The van der Waals surface area contributed by atoms with Gasteiger partial charge in [-0.2, -0.15) is 5.26 Å². The molecule has 3 aromatic carbocycles. The largest absolute Gasteiger partial charge is 0.494 e. The van der Waals surface area contributed by atoms with Gasteiger partial charge in [-0.15, -0.1) is 0 Å². The SMILES string of the molecule is CC(C)(Cc1ccc(OCCCCCC#N)cc1)NCC(O)COc1cccc2[nH]c3ccccc3c12. The number of H-pyrrole nitrogens is 1. The molecule has 0 fully saturated rings. The number of hydrogen-bond acceptors (Lipinski definition) is 5. The Morgan fingerprint density at radius 2 is 1.73 bits per heavy atom. The molecule has 1 heterocycles. The van der Waals surface area contributed by atoms with Gasteiger partial charge in [0.1, 0.15) is 24.2 Å². The molecule has 37 heavy (non-hydrogen) atoms. The predicted octanol–water partition coefficient (Wildman–Crippen LogP) is 6.13. The standard InChI is InChI=1S/C31H37N3O3/c1-31(2,20-23-14-16-25(17-15-23)36-19-8-4-3-7-18-32)33-21-24(35)22-37-29-13-9-12-28-30(29)26-10-5-6-11-27(26)34-28/h5-6,9-17,24,33-35H,3-4,7-8,19-22H2,1-2H3. The molecule has 1 aromatic heterocycles. The number of aromatic nitrogens is 1. The van der Waals surface area contributed by atoms with E-state index in [4.69, 9.17) is 14.7 Å². The molecule has 0 radical (unpaired) electrons. The van der Waals surface area contributed by atoms with Crippen LogP contribution in [-0.2, 0) is 6.42 Å². The van der Waals surface area contributed by atoms with Gasteiger partial charge in [-0.1, -0.05) is 36.4 Å². The third kappa shape index (κ3) is 7.48. The second-order valence-electron chi connectivity index (χ2n) is 10.2. The van der Waals surface area contributed by atoms with Crippen molar-refractivity contribution in [1.82, 2.24) is 10.3 Å². The van der Waals surface area contributed by atoms with Crippen molar-refractivity contribution in [2.24, 2.45) is 0 Å². The summed E-state index contributed by atoms with van der Waals surface area (Å²) in [6.45, 7) is 5.60. The summed E-state index contributed by atoms with van der Waals surface area (Å²) in [7, 11) is 0. The number of para-hydroxylation sites is 1. The smallest absolute Gasteiger partial charge is 0.129 e. The number of rotatable bonds is 14. The minimum absolute atomic E-state index is 0.194. The van der Waals surface area contributed by atoms with E-state index in [-0.39, 0.29) is 12.1 Å². The van der Waals surface area contributed by atoms with E-state index in [1.807, 2.05) is 42.5 Å². The average molecular weight is 500 g/mol. The molecule has 1 atom stereocenters. The molecule has 0 aliphatic carbocycles. The van der Waals surface area contributed by atoms with E-state index >= 15 is 0 Å². The number of benzene rings is 3. The molecule has 0 spiro atoms. The first-order chi connectivity index (χ1) is 17.9. The van der Waals surface area contributed by atoms with Gasteiger partial charge in [-0.05, 0) is 75.4 Å². The molecular weight excluding hydrogens is 462 g/mol. The van der Waals surface area contributed by atoms with E-state index in [9.17, 15) is 5.11 Å². The molecule has 0 amide bonds. The second kappa shape index (κ2) is 12.6. The summed E-state index contributed by atoms with van der Waals surface area (Å²) in [5, 5.41) is 24.9. The Labute approximate surface area is 219 Å². The zero-order chi connectivity index (χ0) is 26.1.